The van der Waals surface area contributed by atoms with Gasteiger partial charge in [0.25, 0.3) is 0 Å². The Hall–Kier alpha value is -2.08. The number of nitrogens with one attached hydrogen (secondary N) is 2. The highest BCUT2D eigenvalue weighted by atomic mass is 35.5. The minimum atomic E-state index is -0.305. The van der Waals surface area contributed by atoms with Gasteiger partial charge in [0.15, 0.2) is 0 Å². The number of hydrogen-bond acceptors (Lipinski definition) is 3. The van der Waals surface area contributed by atoms with Gasteiger partial charge in [-0.25, -0.2) is 0 Å². The first-order valence-corrected chi connectivity index (χ1v) is 8.39. The van der Waals surface area contributed by atoms with Crippen molar-refractivity contribution in [1.82, 2.24) is 4.90 Å². The summed E-state index contributed by atoms with van der Waals surface area (Å²) < 4.78 is 0. The Balaban J connectivity index is 1.86. The number of hydrogen-bond donors (Lipinski definition) is 2. The standard InChI is InChI=1S/C18H19Cl2N3O2/c1-12-5-3-6-13(9-12)21-16(24)10-23(2)11-17(25)22-18-14(19)7-4-8-15(18)20/h3-9H,10-11H2,1-2H3,(H,21,24)(H,22,25). The van der Waals surface area contributed by atoms with Crippen LogP contribution in [0.25, 0.3) is 0 Å². The van der Waals surface area contributed by atoms with Crippen LogP contribution in [0.2, 0.25) is 10.0 Å². The second-order valence-electron chi connectivity index (χ2n) is 5.73. The number of carbonyl (C=O) groups excluding carboxylic acids is 2. The number of halogens is 2. The van der Waals surface area contributed by atoms with E-state index in [4.69, 9.17) is 23.2 Å². The topological polar surface area (TPSA) is 61.4 Å². The van der Waals surface area contributed by atoms with Gasteiger partial charge in [-0.3, -0.25) is 14.5 Å². The minimum absolute atomic E-state index is 0.0305. The molecule has 0 aliphatic carbocycles. The number of aryl methyl sites for hydroxylation is 1. The smallest absolute Gasteiger partial charge is 0.238 e. The molecular formula is C18H19Cl2N3O2. The summed E-state index contributed by atoms with van der Waals surface area (Å²) in [4.78, 5) is 25.8. The molecule has 0 aliphatic rings. The highest BCUT2D eigenvalue weighted by Crippen LogP contribution is 2.29. The molecule has 0 fully saturated rings. The van der Waals surface area contributed by atoms with Gasteiger partial charge in [0.05, 0.1) is 28.8 Å². The zero-order valence-electron chi connectivity index (χ0n) is 14.0. The lowest BCUT2D eigenvalue weighted by Gasteiger charge is -2.17. The lowest BCUT2D eigenvalue weighted by molar-refractivity contribution is -0.119. The predicted octanol–water partition coefficient (Wildman–Crippen LogP) is 3.81. The van der Waals surface area contributed by atoms with E-state index in [1.54, 1.807) is 30.1 Å². The van der Waals surface area contributed by atoms with E-state index in [1.165, 1.54) is 0 Å². The molecular weight excluding hydrogens is 361 g/mol. The van der Waals surface area contributed by atoms with Crippen molar-refractivity contribution < 1.29 is 9.59 Å². The van der Waals surface area contributed by atoms with E-state index in [-0.39, 0.29) is 24.9 Å². The Labute approximate surface area is 156 Å². The van der Waals surface area contributed by atoms with Crippen LogP contribution >= 0.6 is 23.2 Å². The van der Waals surface area contributed by atoms with Crippen molar-refractivity contribution in [3.63, 3.8) is 0 Å². The van der Waals surface area contributed by atoms with E-state index in [2.05, 4.69) is 10.6 Å². The summed E-state index contributed by atoms with van der Waals surface area (Å²) in [5, 5.41) is 6.19. The average molecular weight is 380 g/mol. The van der Waals surface area contributed by atoms with Gasteiger partial charge in [0, 0.05) is 5.69 Å². The first-order valence-electron chi connectivity index (χ1n) is 7.64. The summed E-state index contributed by atoms with van der Waals surface area (Å²) >= 11 is 12.0. The molecule has 0 unspecified atom stereocenters. The van der Waals surface area contributed by atoms with Crippen LogP contribution < -0.4 is 10.6 Å². The third-order valence-electron chi connectivity index (χ3n) is 3.36. The number of para-hydroxylation sites is 1. The molecule has 25 heavy (non-hydrogen) atoms. The second-order valence-corrected chi connectivity index (χ2v) is 6.55. The van der Waals surface area contributed by atoms with Gasteiger partial charge in [0.1, 0.15) is 0 Å². The second kappa shape index (κ2) is 8.85. The maximum atomic E-state index is 12.1. The van der Waals surface area contributed by atoms with Gasteiger partial charge in [-0.15, -0.1) is 0 Å². The fourth-order valence-corrected chi connectivity index (χ4v) is 2.76. The number of anilines is 2. The van der Waals surface area contributed by atoms with Crippen LogP contribution in [0.5, 0.6) is 0 Å². The van der Waals surface area contributed by atoms with Crippen molar-refractivity contribution in [3.05, 3.63) is 58.1 Å². The van der Waals surface area contributed by atoms with Gasteiger partial charge < -0.3 is 10.6 Å². The number of nitrogens with zero attached hydrogens (tertiary/aromatic N) is 1. The Bertz CT molecular complexity index is 760. The zero-order chi connectivity index (χ0) is 18.4. The molecule has 2 aromatic carbocycles. The zero-order valence-corrected chi connectivity index (χ0v) is 15.5. The normalized spacial score (nSPS) is 10.6. The number of likely N-dealkylation sites (N-methyl/N-ethyl adjacent to an activating group) is 1. The molecule has 0 saturated heterocycles. The molecule has 132 valence electrons. The molecule has 0 heterocycles. The first kappa shape index (κ1) is 19.2. The number of rotatable bonds is 6. The monoisotopic (exact) mass is 379 g/mol. The molecule has 0 saturated carbocycles. The molecule has 2 aromatic rings. The van der Waals surface area contributed by atoms with Crippen molar-refractivity contribution in [1.29, 1.82) is 0 Å². The Morgan fingerprint density at radius 1 is 0.960 bits per heavy atom. The van der Waals surface area contributed by atoms with Crippen LogP contribution in [0.15, 0.2) is 42.5 Å². The van der Waals surface area contributed by atoms with Crippen LogP contribution in [-0.2, 0) is 9.59 Å². The highest BCUT2D eigenvalue weighted by Gasteiger charge is 2.14. The number of amides is 2. The van der Waals surface area contributed by atoms with Crippen LogP contribution in [0, 0.1) is 6.92 Å². The molecule has 0 aromatic heterocycles. The number of benzene rings is 2. The van der Waals surface area contributed by atoms with E-state index in [9.17, 15) is 9.59 Å². The molecule has 7 heteroatoms. The van der Waals surface area contributed by atoms with Gasteiger partial charge in [-0.1, -0.05) is 41.4 Å². The van der Waals surface area contributed by atoms with Gasteiger partial charge in [0.2, 0.25) is 11.8 Å². The third kappa shape index (κ3) is 6.05. The van der Waals surface area contributed by atoms with Crippen molar-refractivity contribution in [2.45, 2.75) is 6.92 Å². The van der Waals surface area contributed by atoms with Gasteiger partial charge in [-0.2, -0.15) is 0 Å². The summed E-state index contributed by atoms with van der Waals surface area (Å²) in [6.45, 7) is 2.06. The van der Waals surface area contributed by atoms with Crippen molar-refractivity contribution in [2.24, 2.45) is 0 Å². The van der Waals surface area contributed by atoms with E-state index in [0.29, 0.717) is 15.7 Å². The summed E-state index contributed by atoms with van der Waals surface area (Å²) in [6.07, 6.45) is 0. The van der Waals surface area contributed by atoms with Crippen LogP contribution in [-0.4, -0.2) is 36.9 Å². The largest absolute Gasteiger partial charge is 0.325 e. The van der Waals surface area contributed by atoms with E-state index < -0.39 is 0 Å². The van der Waals surface area contributed by atoms with Crippen LogP contribution in [0.4, 0.5) is 11.4 Å². The summed E-state index contributed by atoms with van der Waals surface area (Å²) in [6, 6.07) is 12.5. The summed E-state index contributed by atoms with van der Waals surface area (Å²) in [7, 11) is 1.68. The minimum Gasteiger partial charge on any atom is -0.325 e. The molecule has 0 spiro atoms. The van der Waals surface area contributed by atoms with Crippen molar-refractivity contribution in [3.8, 4) is 0 Å². The Morgan fingerprint density at radius 3 is 2.12 bits per heavy atom. The fourth-order valence-electron chi connectivity index (χ4n) is 2.27. The quantitative estimate of drug-likeness (QED) is 0.801. The third-order valence-corrected chi connectivity index (χ3v) is 3.99. The average Bonchev–Trinajstić information content (AvgIpc) is 2.50. The summed E-state index contributed by atoms with van der Waals surface area (Å²) in [5.74, 6) is -0.502. The molecule has 2 amide bonds. The Morgan fingerprint density at radius 2 is 1.52 bits per heavy atom. The van der Waals surface area contributed by atoms with E-state index in [1.807, 2.05) is 31.2 Å². The molecule has 0 radical (unpaired) electrons. The van der Waals surface area contributed by atoms with Gasteiger partial charge >= 0.3 is 0 Å². The lowest BCUT2D eigenvalue weighted by Crippen LogP contribution is -2.36. The van der Waals surface area contributed by atoms with Gasteiger partial charge in [-0.05, 0) is 43.8 Å². The van der Waals surface area contributed by atoms with Crippen molar-refractivity contribution >= 4 is 46.4 Å². The van der Waals surface area contributed by atoms with E-state index in [0.717, 1.165) is 11.3 Å². The molecule has 0 bridgehead atoms. The number of carbonyl (C=O) groups is 2. The Kier molecular flexibility index (Phi) is 6.82. The predicted molar refractivity (Wildman–Crippen MR) is 102 cm³/mol. The SMILES string of the molecule is Cc1cccc(NC(=O)CN(C)CC(=O)Nc2c(Cl)cccc2Cl)c1. The first-order chi connectivity index (χ1) is 11.8. The maximum Gasteiger partial charge on any atom is 0.238 e. The summed E-state index contributed by atoms with van der Waals surface area (Å²) in [5.41, 5.74) is 2.15. The van der Waals surface area contributed by atoms with Crippen molar-refractivity contribution in [2.75, 3.05) is 30.8 Å². The highest BCUT2D eigenvalue weighted by molar-refractivity contribution is 6.39. The molecule has 2 rings (SSSR count). The molecule has 0 atom stereocenters. The maximum absolute atomic E-state index is 12.1. The lowest BCUT2D eigenvalue weighted by atomic mass is 10.2. The van der Waals surface area contributed by atoms with Crippen LogP contribution in [0.3, 0.4) is 0 Å². The molecule has 0 aliphatic heterocycles. The van der Waals surface area contributed by atoms with E-state index >= 15 is 0 Å². The molecule has 2 N–H and O–H groups in total. The van der Waals surface area contributed by atoms with Crippen LogP contribution in [0.1, 0.15) is 5.56 Å². The molecule has 5 nitrogen and oxygen atoms in total. The fraction of sp³-hybridized carbons (Fsp3) is 0.222.